The first-order chi connectivity index (χ1) is 41.6. The third-order valence-corrected chi connectivity index (χ3v) is 19.7. The van der Waals surface area contributed by atoms with Gasteiger partial charge in [0.15, 0.2) is 0 Å². The second-order valence-corrected chi connectivity index (χ2v) is 25.2. The number of fused-ring (bicyclic) bond motifs is 6. The molecule has 4 fully saturated rings. The minimum Gasteiger partial charge on any atom is -0.0696 e. The fraction of sp³-hybridized carbons (Fsp3) is 0.238. The van der Waals surface area contributed by atoms with Gasteiger partial charge in [-0.1, -0.05) is 254 Å². The third-order valence-electron chi connectivity index (χ3n) is 19.7. The minimum atomic E-state index is 1.23. The Morgan fingerprint density at radius 3 is 0.738 bits per heavy atom. The predicted molar refractivity (Wildman–Crippen MR) is 367 cm³/mol. The number of rotatable bonds is 10. The summed E-state index contributed by atoms with van der Waals surface area (Å²) >= 11 is 0. The van der Waals surface area contributed by atoms with Crippen molar-refractivity contribution >= 4 is 112 Å². The maximum absolute atomic E-state index is 2.54. The molecule has 412 valence electrons. The average Bonchev–Trinajstić information content (AvgIpc) is 1.33. The van der Waals surface area contributed by atoms with E-state index in [9.17, 15) is 0 Å². The van der Waals surface area contributed by atoms with Crippen LogP contribution in [-0.4, -0.2) is 0 Å². The Bertz CT molecular complexity index is 4000. The van der Waals surface area contributed by atoms with Gasteiger partial charge in [0.25, 0.3) is 0 Å². The molecule has 15 rings (SSSR count). The van der Waals surface area contributed by atoms with Gasteiger partial charge < -0.3 is 0 Å². The monoisotopic (exact) mass is 1080 g/mol. The van der Waals surface area contributed by atoms with Crippen LogP contribution in [0.15, 0.2) is 204 Å². The Balaban J connectivity index is 0.935. The van der Waals surface area contributed by atoms with Crippen LogP contribution in [-0.2, 0) is 0 Å². The van der Waals surface area contributed by atoms with Gasteiger partial charge in [0.1, 0.15) is 0 Å². The van der Waals surface area contributed by atoms with E-state index in [1.165, 1.54) is 260 Å². The summed E-state index contributed by atoms with van der Waals surface area (Å²) in [5.74, 6) is 0. The Labute approximate surface area is 497 Å². The van der Waals surface area contributed by atoms with Crippen LogP contribution < -0.4 is 0 Å². The van der Waals surface area contributed by atoms with Gasteiger partial charge in [0, 0.05) is 0 Å². The summed E-state index contributed by atoms with van der Waals surface area (Å²) in [6, 6.07) is 70.7. The first kappa shape index (κ1) is 52.5. The van der Waals surface area contributed by atoms with Crippen molar-refractivity contribution in [2.45, 2.75) is 128 Å². The second-order valence-electron chi connectivity index (χ2n) is 25.2. The maximum atomic E-state index is 2.54. The molecular weight excluding hydrogens is 1010 g/mol. The highest BCUT2D eigenvalue weighted by Crippen LogP contribution is 2.50. The summed E-state index contributed by atoms with van der Waals surface area (Å²) in [4.78, 5) is 0. The fourth-order valence-electron chi connectivity index (χ4n) is 15.3. The van der Waals surface area contributed by atoms with Crippen LogP contribution in [0, 0.1) is 0 Å². The Morgan fingerprint density at radius 1 is 0.214 bits per heavy atom. The summed E-state index contributed by atoms with van der Waals surface area (Å²) in [5.41, 5.74) is 21.6. The van der Waals surface area contributed by atoms with E-state index in [1.54, 1.807) is 22.3 Å². The number of allylic oxidation sites excluding steroid dienone is 4. The van der Waals surface area contributed by atoms with Gasteiger partial charge in [0.05, 0.1) is 0 Å². The summed E-state index contributed by atoms with van der Waals surface area (Å²) in [6.45, 7) is 0. The highest BCUT2D eigenvalue weighted by Gasteiger charge is 2.23. The van der Waals surface area contributed by atoms with Crippen LogP contribution in [0.25, 0.3) is 112 Å². The first-order valence-corrected chi connectivity index (χ1v) is 32.2. The Kier molecular flexibility index (Phi) is 14.6. The van der Waals surface area contributed by atoms with Crippen molar-refractivity contribution in [1.82, 2.24) is 0 Å². The lowest BCUT2D eigenvalue weighted by Crippen LogP contribution is -1.96. The molecule has 0 unspecified atom stereocenters. The van der Waals surface area contributed by atoms with Crippen molar-refractivity contribution in [3.8, 4) is 0 Å². The number of benzene rings is 11. The summed E-state index contributed by atoms with van der Waals surface area (Å²) < 4.78 is 0. The quantitative estimate of drug-likeness (QED) is 0.0727. The molecule has 0 N–H and O–H groups in total. The molecule has 0 spiro atoms. The molecule has 0 heteroatoms. The molecule has 84 heavy (non-hydrogen) atoms. The van der Waals surface area contributed by atoms with Gasteiger partial charge in [-0.05, 0) is 246 Å². The van der Waals surface area contributed by atoms with E-state index >= 15 is 0 Å². The molecule has 4 saturated carbocycles. The molecular formula is C84H76. The lowest BCUT2D eigenvalue weighted by Gasteiger charge is -2.22. The molecule has 11 aromatic carbocycles. The van der Waals surface area contributed by atoms with Crippen molar-refractivity contribution in [2.24, 2.45) is 0 Å². The number of hydrogen-bond acceptors (Lipinski definition) is 0. The van der Waals surface area contributed by atoms with Crippen LogP contribution in [0.3, 0.4) is 0 Å². The first-order valence-electron chi connectivity index (χ1n) is 32.2. The topological polar surface area (TPSA) is 0 Å². The molecule has 0 heterocycles. The summed E-state index contributed by atoms with van der Waals surface area (Å²) in [5, 5.41) is 15.7. The van der Waals surface area contributed by atoms with Gasteiger partial charge >= 0.3 is 0 Å². The van der Waals surface area contributed by atoms with Gasteiger partial charge in [-0.2, -0.15) is 0 Å². The van der Waals surface area contributed by atoms with Crippen LogP contribution in [0.4, 0.5) is 0 Å². The van der Waals surface area contributed by atoms with E-state index in [0.717, 1.165) is 0 Å². The van der Waals surface area contributed by atoms with Crippen LogP contribution in [0.1, 0.15) is 184 Å². The molecule has 11 aromatic rings. The maximum Gasteiger partial charge on any atom is -0.00137 e. The highest BCUT2D eigenvalue weighted by molar-refractivity contribution is 6.43. The standard InChI is InChI=1S/C84H76/c1-5-19-57(20-6-1)51-61-35-43-65(44-36-61)77(66-45-37-62(38-46-66)52-58-21-7-2-8-22-58)55-79-69-27-13-15-29-71(69)81-76-34-18-32-74-80(70-28-14-16-30-72(70)82(84(74)76)75-33-17-31-73(79)83(75)81)56-78(67-47-39-63(40-48-67)53-59-23-9-3-10-24-59)68-49-41-64(42-50-68)54-60-25-11-4-12-26-60/h13-18,27-56H,1-12,19-26H2. The fourth-order valence-corrected chi connectivity index (χ4v) is 15.3. The SMILES string of the molecule is C(=C1CCCCC1)c1ccc(C(=Cc2c3ccccc3c3c4cccc5c(C=C(c6ccc(C=C7CCCCC7)cc6)c6ccc(C=C7CCCCC7)cc6)c6ccccc6c(c6cccc2c63)c54)c2ccc(C=C3CCCCC3)cc2)cc1. The van der Waals surface area contributed by atoms with Crippen molar-refractivity contribution in [2.75, 3.05) is 0 Å². The normalized spacial score (nSPS) is 16.0. The van der Waals surface area contributed by atoms with Gasteiger partial charge in [-0.15, -0.1) is 0 Å². The molecule has 4 aliphatic carbocycles. The lowest BCUT2D eigenvalue weighted by molar-refractivity contribution is 0.602. The molecule has 0 aliphatic heterocycles. The zero-order valence-corrected chi connectivity index (χ0v) is 48.9. The zero-order valence-electron chi connectivity index (χ0n) is 48.9. The van der Waals surface area contributed by atoms with E-state index in [0.29, 0.717) is 0 Å². The molecule has 0 nitrogen and oxygen atoms in total. The van der Waals surface area contributed by atoms with Crippen molar-refractivity contribution in [3.05, 3.63) is 260 Å². The van der Waals surface area contributed by atoms with Crippen LogP contribution >= 0.6 is 0 Å². The van der Waals surface area contributed by atoms with Gasteiger partial charge in [-0.3, -0.25) is 0 Å². The van der Waals surface area contributed by atoms with Crippen molar-refractivity contribution < 1.29 is 0 Å². The predicted octanol–water partition coefficient (Wildman–Crippen LogP) is 24.6. The van der Waals surface area contributed by atoms with Crippen molar-refractivity contribution in [3.63, 3.8) is 0 Å². The van der Waals surface area contributed by atoms with E-state index in [1.807, 2.05) is 0 Å². The summed E-state index contributed by atoms with van der Waals surface area (Å²) in [6.07, 6.45) is 40.6. The third kappa shape index (κ3) is 10.4. The molecule has 0 bridgehead atoms. The van der Waals surface area contributed by atoms with Gasteiger partial charge in [0.2, 0.25) is 0 Å². The molecule has 4 aliphatic rings. The Hall–Kier alpha value is -8.32. The lowest BCUT2D eigenvalue weighted by atomic mass is 9.81. The van der Waals surface area contributed by atoms with Crippen LogP contribution in [0.5, 0.6) is 0 Å². The van der Waals surface area contributed by atoms with E-state index in [2.05, 4.69) is 218 Å². The molecule has 0 amide bonds. The van der Waals surface area contributed by atoms with Crippen molar-refractivity contribution in [1.29, 1.82) is 0 Å². The van der Waals surface area contributed by atoms with E-state index in [-0.39, 0.29) is 0 Å². The summed E-state index contributed by atoms with van der Waals surface area (Å²) in [7, 11) is 0. The second kappa shape index (κ2) is 23.4. The largest absolute Gasteiger partial charge is 0.0696 e. The minimum absolute atomic E-state index is 1.23. The molecule has 0 radical (unpaired) electrons. The highest BCUT2D eigenvalue weighted by atomic mass is 14.3. The van der Waals surface area contributed by atoms with Crippen LogP contribution in [0.2, 0.25) is 0 Å². The van der Waals surface area contributed by atoms with E-state index in [4.69, 9.17) is 0 Å². The molecule has 0 atom stereocenters. The Morgan fingerprint density at radius 2 is 0.452 bits per heavy atom. The molecule has 0 saturated heterocycles. The number of hydrogen-bond donors (Lipinski definition) is 0. The zero-order chi connectivity index (χ0) is 55.8. The van der Waals surface area contributed by atoms with E-state index < -0.39 is 0 Å². The van der Waals surface area contributed by atoms with Gasteiger partial charge in [-0.25, -0.2) is 0 Å². The smallest absolute Gasteiger partial charge is 0.00137 e. The average molecular weight is 1090 g/mol. The molecule has 0 aromatic heterocycles.